The zero-order valence-corrected chi connectivity index (χ0v) is 19.4. The molecular formula is C25H28N6O4. The first kappa shape index (κ1) is 23.1. The number of carbonyl (C=O) groups excluding carboxylic acids is 2. The van der Waals surface area contributed by atoms with Crippen molar-refractivity contribution in [3.05, 3.63) is 47.0 Å². The van der Waals surface area contributed by atoms with E-state index in [1.54, 1.807) is 12.1 Å². The first-order chi connectivity index (χ1) is 17.0. The van der Waals surface area contributed by atoms with Crippen molar-refractivity contribution >= 4 is 23.6 Å². The second-order valence-electron chi connectivity index (χ2n) is 9.18. The molecule has 2 unspecified atom stereocenters. The summed E-state index contributed by atoms with van der Waals surface area (Å²) in [5.41, 5.74) is 9.09. The minimum atomic E-state index is -0.453. The Kier molecular flexibility index (Phi) is 6.53. The van der Waals surface area contributed by atoms with Crippen LogP contribution in [0.4, 0.5) is 16.4 Å². The van der Waals surface area contributed by atoms with E-state index in [2.05, 4.69) is 27.3 Å². The van der Waals surface area contributed by atoms with Crippen molar-refractivity contribution in [2.75, 3.05) is 49.5 Å². The third-order valence-corrected chi connectivity index (χ3v) is 6.73. The lowest BCUT2D eigenvalue weighted by atomic mass is 10.0. The maximum absolute atomic E-state index is 12.5. The SMILES string of the molecule is N#Cc1cccc2c1CC(CN(CCN)CCC1CN(c3ccc4c(n3)NC(=O)CO4)C(=O)O1)C2. The standard InChI is InChI=1S/C25H28N6O4/c26-7-9-30(13-16-10-17-2-1-3-18(12-27)20(17)11-16)8-6-19-14-31(25(33)35-19)22-5-4-21-24(28-22)29-23(32)15-34-21/h1-5,16,19H,6-11,13-15,26H2,(H,28,29,32). The minimum absolute atomic E-state index is 0.0480. The number of benzene rings is 1. The van der Waals surface area contributed by atoms with E-state index in [4.69, 9.17) is 15.2 Å². The summed E-state index contributed by atoms with van der Waals surface area (Å²) in [4.78, 5) is 32.3. The fraction of sp³-hybridized carbons (Fsp3) is 0.440. The number of ether oxygens (including phenoxy) is 2. The summed E-state index contributed by atoms with van der Waals surface area (Å²) in [6.45, 7) is 3.28. The van der Waals surface area contributed by atoms with Crippen LogP contribution in [0.2, 0.25) is 0 Å². The van der Waals surface area contributed by atoms with Gasteiger partial charge in [-0.05, 0) is 54.5 Å². The van der Waals surface area contributed by atoms with Crippen LogP contribution in [0, 0.1) is 17.2 Å². The second kappa shape index (κ2) is 9.90. The first-order valence-corrected chi connectivity index (χ1v) is 11.9. The normalized spacial score (nSPS) is 20.7. The number of fused-ring (bicyclic) bond motifs is 2. The molecule has 10 heteroatoms. The molecule has 1 aliphatic carbocycles. The van der Waals surface area contributed by atoms with Gasteiger partial charge in [-0.2, -0.15) is 5.26 Å². The van der Waals surface area contributed by atoms with E-state index in [1.165, 1.54) is 16.0 Å². The van der Waals surface area contributed by atoms with Crippen molar-refractivity contribution in [2.24, 2.45) is 11.7 Å². The van der Waals surface area contributed by atoms with E-state index in [-0.39, 0.29) is 18.6 Å². The van der Waals surface area contributed by atoms with Crippen LogP contribution in [0.15, 0.2) is 30.3 Å². The summed E-state index contributed by atoms with van der Waals surface area (Å²) in [5.74, 6) is 1.36. The fourth-order valence-electron chi connectivity index (χ4n) is 5.10. The molecule has 2 atom stereocenters. The smallest absolute Gasteiger partial charge is 0.415 e. The van der Waals surface area contributed by atoms with E-state index >= 15 is 0 Å². The van der Waals surface area contributed by atoms with E-state index in [9.17, 15) is 14.9 Å². The number of cyclic esters (lactones) is 1. The Morgan fingerprint density at radius 2 is 2.11 bits per heavy atom. The molecule has 1 saturated heterocycles. The van der Waals surface area contributed by atoms with Crippen LogP contribution in [0.5, 0.6) is 5.75 Å². The van der Waals surface area contributed by atoms with Crippen LogP contribution >= 0.6 is 0 Å². The first-order valence-electron chi connectivity index (χ1n) is 11.9. The van der Waals surface area contributed by atoms with Gasteiger partial charge in [-0.15, -0.1) is 0 Å². The number of nitrogens with one attached hydrogen (secondary N) is 1. The molecule has 0 bridgehead atoms. The number of carbonyl (C=O) groups is 2. The molecule has 0 radical (unpaired) electrons. The summed E-state index contributed by atoms with van der Waals surface area (Å²) in [6.07, 6.45) is 1.82. The maximum atomic E-state index is 12.5. The third-order valence-electron chi connectivity index (χ3n) is 6.73. The summed E-state index contributed by atoms with van der Waals surface area (Å²) in [5, 5.41) is 12.1. The molecule has 35 heavy (non-hydrogen) atoms. The van der Waals surface area contributed by atoms with Gasteiger partial charge in [0.1, 0.15) is 11.9 Å². The lowest BCUT2D eigenvalue weighted by molar-refractivity contribution is -0.118. The summed E-state index contributed by atoms with van der Waals surface area (Å²) in [7, 11) is 0. The number of nitriles is 1. The number of hydrogen-bond donors (Lipinski definition) is 2. The number of pyridine rings is 1. The van der Waals surface area contributed by atoms with Crippen molar-refractivity contribution in [1.29, 1.82) is 5.26 Å². The van der Waals surface area contributed by atoms with E-state index in [0.29, 0.717) is 42.8 Å². The summed E-state index contributed by atoms with van der Waals surface area (Å²) >= 11 is 0. The number of hydrogen-bond acceptors (Lipinski definition) is 8. The van der Waals surface area contributed by atoms with Crippen LogP contribution in [-0.2, 0) is 22.4 Å². The average molecular weight is 477 g/mol. The number of anilines is 2. The van der Waals surface area contributed by atoms with Gasteiger partial charge in [-0.1, -0.05) is 12.1 Å². The van der Waals surface area contributed by atoms with Gasteiger partial charge in [-0.3, -0.25) is 9.69 Å². The molecule has 5 rings (SSSR count). The predicted molar refractivity (Wildman–Crippen MR) is 128 cm³/mol. The molecule has 182 valence electrons. The van der Waals surface area contributed by atoms with Crippen LogP contribution in [0.25, 0.3) is 0 Å². The monoisotopic (exact) mass is 476 g/mol. The highest BCUT2D eigenvalue weighted by atomic mass is 16.6. The molecule has 1 aromatic carbocycles. The van der Waals surface area contributed by atoms with Crippen molar-refractivity contribution < 1.29 is 19.1 Å². The zero-order chi connectivity index (χ0) is 24.4. The van der Waals surface area contributed by atoms with Crippen molar-refractivity contribution in [2.45, 2.75) is 25.4 Å². The second-order valence-corrected chi connectivity index (χ2v) is 9.18. The maximum Gasteiger partial charge on any atom is 0.415 e. The molecule has 0 saturated carbocycles. The molecule has 2 amide bonds. The Balaban J connectivity index is 1.17. The van der Waals surface area contributed by atoms with Crippen LogP contribution in [0.1, 0.15) is 23.1 Å². The van der Waals surface area contributed by atoms with Crippen LogP contribution < -0.4 is 20.7 Å². The topological polar surface area (TPSA) is 134 Å². The molecular weight excluding hydrogens is 448 g/mol. The Bertz CT molecular complexity index is 1180. The Labute approximate surface area is 203 Å². The quantitative estimate of drug-likeness (QED) is 0.588. The molecule has 3 N–H and O–H groups in total. The highest BCUT2D eigenvalue weighted by Gasteiger charge is 2.34. The Hall–Kier alpha value is -3.68. The number of nitrogens with zero attached hydrogens (tertiary/aromatic N) is 4. The predicted octanol–water partition coefficient (Wildman–Crippen LogP) is 1.68. The van der Waals surface area contributed by atoms with Gasteiger partial charge in [0.05, 0.1) is 18.2 Å². The minimum Gasteiger partial charge on any atom is -0.480 e. The van der Waals surface area contributed by atoms with Crippen molar-refractivity contribution in [3.63, 3.8) is 0 Å². The van der Waals surface area contributed by atoms with Gasteiger partial charge in [-0.25, -0.2) is 9.78 Å². The number of nitrogens with two attached hydrogens (primary N) is 1. The van der Waals surface area contributed by atoms with Gasteiger partial charge < -0.3 is 25.4 Å². The Morgan fingerprint density at radius 1 is 1.23 bits per heavy atom. The molecule has 0 spiro atoms. The van der Waals surface area contributed by atoms with Crippen molar-refractivity contribution in [3.8, 4) is 11.8 Å². The van der Waals surface area contributed by atoms with Gasteiger partial charge in [0.2, 0.25) is 0 Å². The molecule has 1 fully saturated rings. The largest absolute Gasteiger partial charge is 0.480 e. The van der Waals surface area contributed by atoms with Crippen molar-refractivity contribution in [1.82, 2.24) is 9.88 Å². The average Bonchev–Trinajstić information content (AvgIpc) is 3.44. The molecule has 10 nitrogen and oxygen atoms in total. The van der Waals surface area contributed by atoms with E-state index < -0.39 is 6.09 Å². The van der Waals surface area contributed by atoms with E-state index in [0.717, 1.165) is 38.0 Å². The Morgan fingerprint density at radius 3 is 2.94 bits per heavy atom. The van der Waals surface area contributed by atoms with Crippen LogP contribution in [0.3, 0.4) is 0 Å². The highest BCUT2D eigenvalue weighted by Crippen LogP contribution is 2.31. The van der Waals surface area contributed by atoms with Gasteiger partial charge in [0, 0.05) is 26.2 Å². The summed E-state index contributed by atoms with van der Waals surface area (Å²) < 4.78 is 10.9. The molecule has 3 aliphatic rings. The van der Waals surface area contributed by atoms with Crippen LogP contribution in [-0.4, -0.2) is 67.3 Å². The molecule has 2 aliphatic heterocycles. The highest BCUT2D eigenvalue weighted by molar-refractivity contribution is 5.95. The van der Waals surface area contributed by atoms with E-state index in [1.807, 2.05) is 12.1 Å². The molecule has 3 heterocycles. The lowest BCUT2D eigenvalue weighted by Crippen LogP contribution is -2.36. The molecule has 1 aromatic heterocycles. The van der Waals surface area contributed by atoms with Gasteiger partial charge in [0.25, 0.3) is 5.91 Å². The summed E-state index contributed by atoms with van der Waals surface area (Å²) in [6, 6.07) is 11.6. The van der Waals surface area contributed by atoms with Gasteiger partial charge in [0.15, 0.2) is 18.2 Å². The molecule has 2 aromatic rings. The lowest BCUT2D eigenvalue weighted by Gasteiger charge is -2.25. The third kappa shape index (κ3) is 4.92. The number of rotatable bonds is 8. The fourth-order valence-corrected chi connectivity index (χ4v) is 5.10. The zero-order valence-electron chi connectivity index (χ0n) is 19.4. The number of amides is 2. The number of aromatic nitrogens is 1. The van der Waals surface area contributed by atoms with Gasteiger partial charge >= 0.3 is 6.09 Å².